The Kier molecular flexibility index (Phi) is 3.69. The predicted molar refractivity (Wildman–Crippen MR) is 91.6 cm³/mol. The Bertz CT molecular complexity index is 841. The van der Waals surface area contributed by atoms with Crippen molar-refractivity contribution in [2.75, 3.05) is 0 Å². The average Bonchev–Trinajstić information content (AvgIpc) is 3.34. The van der Waals surface area contributed by atoms with Crippen molar-refractivity contribution in [1.82, 2.24) is 30.0 Å². The topological polar surface area (TPSA) is 61.4 Å². The fraction of sp³-hybridized carbons (Fsp3) is 0. The van der Waals surface area contributed by atoms with Gasteiger partial charge in [-0.25, -0.2) is 0 Å². The standard InChI is InChI=1S/C18H14N6/c1(15-3-7-17(8-4-15)23-19-11-12-20-23)2-16-5-9-18(10-6-16)24-21-13-14-22-24/h1-14H. The van der Waals surface area contributed by atoms with Gasteiger partial charge in [0.2, 0.25) is 0 Å². The molecule has 0 spiro atoms. The summed E-state index contributed by atoms with van der Waals surface area (Å²) in [7, 11) is 0. The van der Waals surface area contributed by atoms with Crippen molar-refractivity contribution in [1.29, 1.82) is 0 Å². The third-order valence-corrected chi connectivity index (χ3v) is 3.55. The lowest BCUT2D eigenvalue weighted by Gasteiger charge is -2.01. The molecule has 2 aromatic heterocycles. The molecule has 0 aliphatic carbocycles. The first kappa shape index (κ1) is 14.1. The molecule has 0 amide bonds. The van der Waals surface area contributed by atoms with Gasteiger partial charge in [-0.1, -0.05) is 36.4 Å². The molecule has 24 heavy (non-hydrogen) atoms. The molecule has 0 N–H and O–H groups in total. The van der Waals surface area contributed by atoms with E-state index in [-0.39, 0.29) is 0 Å². The van der Waals surface area contributed by atoms with Gasteiger partial charge in [0, 0.05) is 0 Å². The van der Waals surface area contributed by atoms with Crippen LogP contribution in [0.15, 0.2) is 73.3 Å². The van der Waals surface area contributed by atoms with Gasteiger partial charge in [0.1, 0.15) is 0 Å². The van der Waals surface area contributed by atoms with Crippen LogP contribution in [0.4, 0.5) is 0 Å². The number of hydrogen-bond acceptors (Lipinski definition) is 4. The maximum absolute atomic E-state index is 4.11. The van der Waals surface area contributed by atoms with Crippen LogP contribution in [0.25, 0.3) is 23.5 Å². The molecule has 6 heteroatoms. The number of rotatable bonds is 4. The molecular weight excluding hydrogens is 300 g/mol. The van der Waals surface area contributed by atoms with E-state index in [9.17, 15) is 0 Å². The third kappa shape index (κ3) is 2.98. The van der Waals surface area contributed by atoms with Gasteiger partial charge in [0.15, 0.2) is 0 Å². The zero-order valence-electron chi connectivity index (χ0n) is 12.8. The number of hydrogen-bond donors (Lipinski definition) is 0. The zero-order valence-corrected chi connectivity index (χ0v) is 12.8. The van der Waals surface area contributed by atoms with E-state index in [4.69, 9.17) is 0 Å². The molecule has 0 saturated heterocycles. The molecule has 0 unspecified atom stereocenters. The van der Waals surface area contributed by atoms with Crippen LogP contribution >= 0.6 is 0 Å². The molecule has 4 rings (SSSR count). The minimum Gasteiger partial charge on any atom is -0.157 e. The van der Waals surface area contributed by atoms with Gasteiger partial charge in [-0.05, 0) is 35.4 Å². The summed E-state index contributed by atoms with van der Waals surface area (Å²) in [5.74, 6) is 0. The monoisotopic (exact) mass is 314 g/mol. The molecule has 4 aromatic rings. The van der Waals surface area contributed by atoms with Gasteiger partial charge in [0.25, 0.3) is 0 Å². The summed E-state index contributed by atoms with van der Waals surface area (Å²) >= 11 is 0. The average molecular weight is 314 g/mol. The van der Waals surface area contributed by atoms with Gasteiger partial charge >= 0.3 is 0 Å². The summed E-state index contributed by atoms with van der Waals surface area (Å²) < 4.78 is 0. The van der Waals surface area contributed by atoms with Gasteiger partial charge in [-0.2, -0.15) is 30.0 Å². The smallest absolute Gasteiger partial charge is 0.0857 e. The normalized spacial score (nSPS) is 11.2. The molecule has 0 atom stereocenters. The van der Waals surface area contributed by atoms with Crippen molar-refractivity contribution in [3.63, 3.8) is 0 Å². The Morgan fingerprint density at radius 2 is 0.833 bits per heavy atom. The fourth-order valence-corrected chi connectivity index (χ4v) is 2.33. The first-order valence-electron chi connectivity index (χ1n) is 7.50. The Balaban J connectivity index is 1.48. The second-order valence-electron chi connectivity index (χ2n) is 5.15. The number of aromatic nitrogens is 6. The number of nitrogens with zero attached hydrogens (tertiary/aromatic N) is 6. The maximum Gasteiger partial charge on any atom is 0.0857 e. The maximum atomic E-state index is 4.11. The van der Waals surface area contributed by atoms with E-state index in [0.717, 1.165) is 22.5 Å². The lowest BCUT2D eigenvalue weighted by molar-refractivity contribution is 0.752. The summed E-state index contributed by atoms with van der Waals surface area (Å²) in [6.45, 7) is 0. The molecule has 116 valence electrons. The molecule has 0 saturated carbocycles. The SMILES string of the molecule is C(=Cc1ccc(-n2nccn2)cc1)c1ccc(-n2nccn2)cc1. The van der Waals surface area contributed by atoms with Gasteiger partial charge < -0.3 is 0 Å². The highest BCUT2D eigenvalue weighted by molar-refractivity contribution is 5.70. The molecule has 2 heterocycles. The largest absolute Gasteiger partial charge is 0.157 e. The second kappa shape index (κ2) is 6.29. The van der Waals surface area contributed by atoms with Crippen LogP contribution in [-0.4, -0.2) is 30.0 Å². The number of benzene rings is 2. The highest BCUT2D eigenvalue weighted by atomic mass is 15.5. The van der Waals surface area contributed by atoms with E-state index in [1.807, 2.05) is 48.5 Å². The molecule has 0 radical (unpaired) electrons. The van der Waals surface area contributed by atoms with Crippen LogP contribution in [0.3, 0.4) is 0 Å². The van der Waals surface area contributed by atoms with Crippen molar-refractivity contribution < 1.29 is 0 Å². The lowest BCUT2D eigenvalue weighted by atomic mass is 10.1. The summed E-state index contributed by atoms with van der Waals surface area (Å²) in [6, 6.07) is 16.1. The Morgan fingerprint density at radius 3 is 1.17 bits per heavy atom. The molecule has 0 aliphatic heterocycles. The van der Waals surface area contributed by atoms with E-state index in [0.29, 0.717) is 0 Å². The van der Waals surface area contributed by atoms with Gasteiger partial charge in [-0.3, -0.25) is 0 Å². The zero-order chi connectivity index (χ0) is 16.2. The molecule has 2 aromatic carbocycles. The predicted octanol–water partition coefficient (Wildman–Crippen LogP) is 3.02. The highest BCUT2D eigenvalue weighted by Gasteiger charge is 1.98. The summed E-state index contributed by atoms with van der Waals surface area (Å²) in [6.07, 6.45) is 10.8. The van der Waals surface area contributed by atoms with Crippen molar-refractivity contribution in [3.8, 4) is 11.4 Å². The molecular formula is C18H14N6. The van der Waals surface area contributed by atoms with E-state index in [1.165, 1.54) is 0 Å². The van der Waals surface area contributed by atoms with Crippen molar-refractivity contribution in [2.45, 2.75) is 0 Å². The van der Waals surface area contributed by atoms with Crippen LogP contribution in [0.5, 0.6) is 0 Å². The van der Waals surface area contributed by atoms with E-state index >= 15 is 0 Å². The minimum absolute atomic E-state index is 0.938. The van der Waals surface area contributed by atoms with Crippen LogP contribution < -0.4 is 0 Å². The molecule has 0 aliphatic rings. The van der Waals surface area contributed by atoms with Crippen molar-refractivity contribution in [3.05, 3.63) is 84.4 Å². The van der Waals surface area contributed by atoms with Gasteiger partial charge in [-0.15, -0.1) is 0 Å². The van der Waals surface area contributed by atoms with Crippen LogP contribution in [-0.2, 0) is 0 Å². The highest BCUT2D eigenvalue weighted by Crippen LogP contribution is 2.13. The van der Waals surface area contributed by atoms with Crippen LogP contribution in [0, 0.1) is 0 Å². The van der Waals surface area contributed by atoms with Crippen LogP contribution in [0.2, 0.25) is 0 Å². The summed E-state index contributed by atoms with van der Waals surface area (Å²) in [4.78, 5) is 3.19. The molecule has 6 nitrogen and oxygen atoms in total. The molecule has 0 fully saturated rings. The lowest BCUT2D eigenvalue weighted by Crippen LogP contribution is -1.97. The summed E-state index contributed by atoms with van der Waals surface area (Å²) in [5, 5.41) is 16.5. The molecule has 0 bridgehead atoms. The Hall–Kier alpha value is -3.54. The second-order valence-corrected chi connectivity index (χ2v) is 5.15. The van der Waals surface area contributed by atoms with E-state index < -0.39 is 0 Å². The van der Waals surface area contributed by atoms with Crippen molar-refractivity contribution in [2.24, 2.45) is 0 Å². The first-order chi connectivity index (χ1) is 11.9. The third-order valence-electron chi connectivity index (χ3n) is 3.55. The van der Waals surface area contributed by atoms with Crippen LogP contribution in [0.1, 0.15) is 11.1 Å². The quantitative estimate of drug-likeness (QED) is 0.543. The van der Waals surface area contributed by atoms with E-state index in [2.05, 4.69) is 32.5 Å². The minimum atomic E-state index is 0.938. The first-order valence-corrected chi connectivity index (χ1v) is 7.50. The summed E-state index contributed by atoms with van der Waals surface area (Å²) in [5.41, 5.74) is 4.11. The Labute approximate surface area is 138 Å². The fourth-order valence-electron chi connectivity index (χ4n) is 2.33. The van der Waals surface area contributed by atoms with E-state index in [1.54, 1.807) is 34.4 Å². The Morgan fingerprint density at radius 1 is 0.500 bits per heavy atom. The van der Waals surface area contributed by atoms with Gasteiger partial charge in [0.05, 0.1) is 36.2 Å². The van der Waals surface area contributed by atoms with Crippen molar-refractivity contribution >= 4 is 12.2 Å².